The van der Waals surface area contributed by atoms with Crippen LogP contribution in [-0.4, -0.2) is 42.4 Å². The number of carbonyl (C=O) groups excluding carboxylic acids is 1. The molecule has 1 aromatic heterocycles. The van der Waals surface area contributed by atoms with Crippen LogP contribution in [-0.2, 0) is 16.8 Å². The van der Waals surface area contributed by atoms with Crippen molar-refractivity contribution < 1.29 is 19.1 Å². The largest absolute Gasteiger partial charge is 0.466 e. The summed E-state index contributed by atoms with van der Waals surface area (Å²) in [6.07, 6.45) is 1.83. The molecule has 4 N–H and O–H groups in total. The molecule has 0 bridgehead atoms. The van der Waals surface area contributed by atoms with Crippen LogP contribution in [0.4, 0.5) is 10.5 Å². The van der Waals surface area contributed by atoms with Crippen molar-refractivity contribution in [2.24, 2.45) is 4.99 Å². The molecule has 31 heavy (non-hydrogen) atoms. The first kappa shape index (κ1) is 24.3. The van der Waals surface area contributed by atoms with E-state index < -0.39 is 17.3 Å². The van der Waals surface area contributed by atoms with Gasteiger partial charge < -0.3 is 24.9 Å². The number of benzene rings is 1. The maximum atomic E-state index is 11.8. The molecule has 0 saturated heterocycles. The lowest BCUT2D eigenvalue weighted by Gasteiger charge is -2.20. The second-order valence-electron chi connectivity index (χ2n) is 8.45. The summed E-state index contributed by atoms with van der Waals surface area (Å²) in [6.45, 7) is 10.7. The Labute approximate surface area is 184 Å². The van der Waals surface area contributed by atoms with Crippen molar-refractivity contribution in [1.82, 2.24) is 10.6 Å². The zero-order chi connectivity index (χ0) is 22.9. The molecule has 0 saturated carbocycles. The molecule has 8 heteroatoms. The standard InChI is InChI=1S/C23H34N4O4/c1-6-24-20(26-16-23(5,29)19-8-7-15-30-19)25-14-13-17-9-11-18(12-10-17)27-21(28)31-22(2,3)4/h7-12,15,29H,6,13-14,16H2,1-5H3,(H,27,28)(H2,24,25,26). The molecule has 0 fully saturated rings. The molecular formula is C23H34N4O4. The number of nitrogens with one attached hydrogen (secondary N) is 3. The Morgan fingerprint density at radius 3 is 2.42 bits per heavy atom. The molecule has 1 atom stereocenters. The average molecular weight is 431 g/mol. The lowest BCUT2D eigenvalue weighted by molar-refractivity contribution is 0.0437. The van der Waals surface area contributed by atoms with E-state index >= 15 is 0 Å². The molecule has 0 aliphatic carbocycles. The molecule has 2 aromatic rings. The fraction of sp³-hybridized carbons (Fsp3) is 0.478. The van der Waals surface area contributed by atoms with Gasteiger partial charge in [0.1, 0.15) is 17.0 Å². The van der Waals surface area contributed by atoms with Gasteiger partial charge in [-0.2, -0.15) is 0 Å². The Bertz CT molecular complexity index is 837. The summed E-state index contributed by atoms with van der Waals surface area (Å²) in [6, 6.07) is 11.1. The van der Waals surface area contributed by atoms with E-state index in [-0.39, 0.29) is 6.54 Å². The predicted octanol–water partition coefficient (Wildman–Crippen LogP) is 3.63. The number of ether oxygens (including phenoxy) is 1. The van der Waals surface area contributed by atoms with Crippen LogP contribution in [0.3, 0.4) is 0 Å². The highest BCUT2D eigenvalue weighted by atomic mass is 16.6. The van der Waals surface area contributed by atoms with E-state index in [9.17, 15) is 9.90 Å². The van der Waals surface area contributed by atoms with Crippen LogP contribution in [0.1, 0.15) is 45.9 Å². The van der Waals surface area contributed by atoms with Crippen molar-refractivity contribution in [2.45, 2.75) is 52.2 Å². The van der Waals surface area contributed by atoms with E-state index in [1.54, 1.807) is 19.1 Å². The molecular weight excluding hydrogens is 396 g/mol. The molecule has 1 aromatic carbocycles. The number of furan rings is 1. The number of aliphatic imine (C=N–C) groups is 1. The van der Waals surface area contributed by atoms with Crippen molar-refractivity contribution >= 4 is 17.7 Å². The Morgan fingerprint density at radius 2 is 1.84 bits per heavy atom. The molecule has 0 spiro atoms. The summed E-state index contributed by atoms with van der Waals surface area (Å²) in [4.78, 5) is 16.3. The summed E-state index contributed by atoms with van der Waals surface area (Å²) in [7, 11) is 0. The molecule has 0 aliphatic heterocycles. The number of anilines is 1. The first-order valence-corrected chi connectivity index (χ1v) is 10.5. The maximum absolute atomic E-state index is 11.8. The lowest BCUT2D eigenvalue weighted by atomic mass is 10.0. The highest BCUT2D eigenvalue weighted by molar-refractivity contribution is 5.84. The van der Waals surface area contributed by atoms with Gasteiger partial charge >= 0.3 is 6.09 Å². The van der Waals surface area contributed by atoms with Gasteiger partial charge in [0.05, 0.1) is 12.8 Å². The van der Waals surface area contributed by atoms with Gasteiger partial charge in [-0.15, -0.1) is 0 Å². The minimum atomic E-state index is -1.18. The van der Waals surface area contributed by atoms with E-state index in [1.807, 2.05) is 52.0 Å². The number of aliphatic hydroxyl groups is 1. The maximum Gasteiger partial charge on any atom is 0.412 e. The second kappa shape index (κ2) is 10.9. The van der Waals surface area contributed by atoms with Gasteiger partial charge in [0, 0.05) is 18.8 Å². The van der Waals surface area contributed by atoms with Gasteiger partial charge in [-0.3, -0.25) is 5.32 Å². The number of hydrogen-bond donors (Lipinski definition) is 4. The van der Waals surface area contributed by atoms with E-state index in [2.05, 4.69) is 20.9 Å². The molecule has 2 rings (SSSR count). The van der Waals surface area contributed by atoms with E-state index in [1.165, 1.54) is 6.26 Å². The Morgan fingerprint density at radius 1 is 1.13 bits per heavy atom. The van der Waals surface area contributed by atoms with Crippen molar-refractivity contribution in [2.75, 3.05) is 25.0 Å². The van der Waals surface area contributed by atoms with Gasteiger partial charge in [0.2, 0.25) is 0 Å². The normalized spacial score (nSPS) is 13.9. The number of nitrogens with zero attached hydrogens (tertiary/aromatic N) is 1. The van der Waals surface area contributed by atoms with E-state index in [0.717, 1.165) is 12.0 Å². The molecule has 170 valence electrons. The number of amides is 1. The van der Waals surface area contributed by atoms with Gasteiger partial charge in [-0.25, -0.2) is 9.79 Å². The van der Waals surface area contributed by atoms with Crippen LogP contribution in [0, 0.1) is 0 Å². The molecule has 8 nitrogen and oxygen atoms in total. The highest BCUT2D eigenvalue weighted by Gasteiger charge is 2.26. The van der Waals surface area contributed by atoms with Gasteiger partial charge in [-0.1, -0.05) is 12.1 Å². The predicted molar refractivity (Wildman–Crippen MR) is 122 cm³/mol. The molecule has 0 aliphatic rings. The smallest absolute Gasteiger partial charge is 0.412 e. The molecule has 0 radical (unpaired) electrons. The van der Waals surface area contributed by atoms with Crippen LogP contribution in [0.25, 0.3) is 0 Å². The molecule has 1 unspecified atom stereocenters. The van der Waals surface area contributed by atoms with Crippen LogP contribution in [0.15, 0.2) is 52.1 Å². The van der Waals surface area contributed by atoms with Crippen molar-refractivity contribution in [3.63, 3.8) is 0 Å². The highest BCUT2D eigenvalue weighted by Crippen LogP contribution is 2.21. The SMILES string of the molecule is CCNC(=NCC(C)(O)c1ccco1)NCCc1ccc(NC(=O)OC(C)(C)C)cc1. The van der Waals surface area contributed by atoms with E-state index in [4.69, 9.17) is 9.15 Å². The third-order valence-corrected chi connectivity index (χ3v) is 4.25. The van der Waals surface area contributed by atoms with Gasteiger partial charge in [-0.05, 0) is 70.9 Å². The summed E-state index contributed by atoms with van der Waals surface area (Å²) >= 11 is 0. The lowest BCUT2D eigenvalue weighted by Crippen LogP contribution is -2.39. The van der Waals surface area contributed by atoms with E-state index in [0.29, 0.717) is 30.5 Å². The van der Waals surface area contributed by atoms with Crippen LogP contribution >= 0.6 is 0 Å². The minimum Gasteiger partial charge on any atom is -0.466 e. The Kier molecular flexibility index (Phi) is 8.50. The van der Waals surface area contributed by atoms with Crippen molar-refractivity contribution in [1.29, 1.82) is 0 Å². The third-order valence-electron chi connectivity index (χ3n) is 4.25. The third kappa shape index (κ3) is 8.72. The van der Waals surface area contributed by atoms with Crippen LogP contribution in [0.2, 0.25) is 0 Å². The number of carbonyl (C=O) groups is 1. The first-order valence-electron chi connectivity index (χ1n) is 10.5. The summed E-state index contributed by atoms with van der Waals surface area (Å²) in [5.41, 5.74) is 0.0807. The monoisotopic (exact) mass is 430 g/mol. The average Bonchev–Trinajstić information content (AvgIpc) is 3.22. The van der Waals surface area contributed by atoms with Crippen molar-refractivity contribution in [3.05, 3.63) is 54.0 Å². The van der Waals surface area contributed by atoms with Crippen LogP contribution in [0.5, 0.6) is 0 Å². The number of rotatable bonds is 8. The molecule has 1 heterocycles. The first-order chi connectivity index (χ1) is 14.6. The zero-order valence-corrected chi connectivity index (χ0v) is 19.0. The van der Waals surface area contributed by atoms with Gasteiger partial charge in [0.25, 0.3) is 0 Å². The summed E-state index contributed by atoms with van der Waals surface area (Å²) in [5, 5.41) is 19.7. The zero-order valence-electron chi connectivity index (χ0n) is 19.0. The fourth-order valence-corrected chi connectivity index (χ4v) is 2.74. The Hall–Kier alpha value is -3.00. The quantitative estimate of drug-likeness (QED) is 0.376. The minimum absolute atomic E-state index is 0.168. The fourth-order valence-electron chi connectivity index (χ4n) is 2.74. The Balaban J connectivity index is 1.84. The van der Waals surface area contributed by atoms with Crippen molar-refractivity contribution in [3.8, 4) is 0 Å². The van der Waals surface area contributed by atoms with Gasteiger partial charge in [0.15, 0.2) is 5.96 Å². The number of guanidine groups is 1. The van der Waals surface area contributed by atoms with Crippen LogP contribution < -0.4 is 16.0 Å². The topological polar surface area (TPSA) is 108 Å². The second-order valence-corrected chi connectivity index (χ2v) is 8.45. The summed E-state index contributed by atoms with van der Waals surface area (Å²) in [5.74, 6) is 1.10. The summed E-state index contributed by atoms with van der Waals surface area (Å²) < 4.78 is 10.5. The number of hydrogen-bond acceptors (Lipinski definition) is 5. The molecule has 1 amide bonds.